The maximum absolute atomic E-state index is 12.3. The van der Waals surface area contributed by atoms with Crippen molar-refractivity contribution in [3.63, 3.8) is 0 Å². The number of aromatic nitrogens is 2. The minimum absolute atomic E-state index is 0.157. The second kappa shape index (κ2) is 4.68. The topological polar surface area (TPSA) is 67.1 Å². The SMILES string of the molecule is O=C(c1cn2ccsc2n1)N1CCOCC(O)C1. The third-order valence-electron chi connectivity index (χ3n) is 2.85. The molecule has 0 saturated carbocycles. The van der Waals surface area contributed by atoms with Crippen LogP contribution in [0.2, 0.25) is 0 Å². The van der Waals surface area contributed by atoms with E-state index in [2.05, 4.69) is 4.98 Å². The molecule has 0 aliphatic carbocycles. The lowest BCUT2D eigenvalue weighted by Crippen LogP contribution is -2.37. The Morgan fingerprint density at radius 2 is 2.50 bits per heavy atom. The number of rotatable bonds is 1. The highest BCUT2D eigenvalue weighted by molar-refractivity contribution is 7.15. The van der Waals surface area contributed by atoms with Crippen LogP contribution in [0.4, 0.5) is 0 Å². The van der Waals surface area contributed by atoms with Crippen LogP contribution < -0.4 is 0 Å². The van der Waals surface area contributed by atoms with Gasteiger partial charge in [0, 0.05) is 30.9 Å². The average Bonchev–Trinajstić information content (AvgIpc) is 2.86. The van der Waals surface area contributed by atoms with Crippen LogP contribution in [0, 0.1) is 0 Å². The molecule has 0 bridgehead atoms. The van der Waals surface area contributed by atoms with Crippen LogP contribution in [0.25, 0.3) is 4.96 Å². The molecular formula is C11H13N3O3S. The number of hydrogen-bond donors (Lipinski definition) is 1. The Kier molecular flexibility index (Phi) is 3.02. The lowest BCUT2D eigenvalue weighted by atomic mass is 10.3. The molecule has 1 aliphatic heterocycles. The van der Waals surface area contributed by atoms with Crippen molar-refractivity contribution < 1.29 is 14.6 Å². The van der Waals surface area contributed by atoms with Gasteiger partial charge in [-0.1, -0.05) is 0 Å². The highest BCUT2D eigenvalue weighted by Crippen LogP contribution is 2.13. The second-order valence-corrected chi connectivity index (χ2v) is 5.07. The van der Waals surface area contributed by atoms with Crippen LogP contribution >= 0.6 is 11.3 Å². The summed E-state index contributed by atoms with van der Waals surface area (Å²) in [5.74, 6) is -0.157. The molecule has 0 radical (unpaired) electrons. The van der Waals surface area contributed by atoms with E-state index in [4.69, 9.17) is 4.74 Å². The van der Waals surface area contributed by atoms with Gasteiger partial charge in [-0.05, 0) is 0 Å². The quantitative estimate of drug-likeness (QED) is 0.803. The first kappa shape index (κ1) is 11.6. The molecule has 1 atom stereocenters. The highest BCUT2D eigenvalue weighted by atomic mass is 32.1. The number of carbonyl (C=O) groups is 1. The lowest BCUT2D eigenvalue weighted by Gasteiger charge is -2.19. The highest BCUT2D eigenvalue weighted by Gasteiger charge is 2.23. The minimum Gasteiger partial charge on any atom is -0.389 e. The van der Waals surface area contributed by atoms with E-state index in [-0.39, 0.29) is 12.5 Å². The monoisotopic (exact) mass is 267 g/mol. The van der Waals surface area contributed by atoms with Gasteiger partial charge in [0.15, 0.2) is 4.96 Å². The van der Waals surface area contributed by atoms with Crippen LogP contribution in [0.15, 0.2) is 17.8 Å². The number of thiazole rings is 1. The number of imidazole rings is 1. The van der Waals surface area contributed by atoms with E-state index >= 15 is 0 Å². The number of aliphatic hydroxyl groups excluding tert-OH is 1. The van der Waals surface area contributed by atoms with Gasteiger partial charge in [0.05, 0.1) is 19.3 Å². The summed E-state index contributed by atoms with van der Waals surface area (Å²) in [4.78, 5) is 18.9. The van der Waals surface area contributed by atoms with Crippen molar-refractivity contribution >= 4 is 22.2 Å². The average molecular weight is 267 g/mol. The van der Waals surface area contributed by atoms with Crippen molar-refractivity contribution in [3.05, 3.63) is 23.5 Å². The van der Waals surface area contributed by atoms with Crippen molar-refractivity contribution in [2.45, 2.75) is 6.10 Å². The molecule has 6 nitrogen and oxygen atoms in total. The Bertz CT molecular complexity index is 536. The summed E-state index contributed by atoms with van der Waals surface area (Å²) >= 11 is 1.48. The van der Waals surface area contributed by atoms with Gasteiger partial charge in [-0.15, -0.1) is 11.3 Å². The van der Waals surface area contributed by atoms with E-state index in [1.807, 2.05) is 16.0 Å². The van der Waals surface area contributed by atoms with Gasteiger partial charge in [-0.2, -0.15) is 0 Å². The van der Waals surface area contributed by atoms with Crippen molar-refractivity contribution in [1.29, 1.82) is 0 Å². The summed E-state index contributed by atoms with van der Waals surface area (Å²) in [6.07, 6.45) is 2.95. The van der Waals surface area contributed by atoms with Gasteiger partial charge in [-0.25, -0.2) is 4.98 Å². The number of carbonyl (C=O) groups excluding carboxylic acids is 1. The molecular weight excluding hydrogens is 254 g/mol. The Labute approximate surface area is 107 Å². The molecule has 3 heterocycles. The van der Waals surface area contributed by atoms with Crippen LogP contribution in [-0.4, -0.2) is 57.7 Å². The van der Waals surface area contributed by atoms with E-state index in [1.165, 1.54) is 11.3 Å². The normalized spacial score (nSPS) is 21.2. The number of β-amino-alcohol motifs (C(OH)–C–C–N with tert-alkyl or cyclic N) is 1. The number of amides is 1. The van der Waals surface area contributed by atoms with E-state index in [0.29, 0.717) is 25.4 Å². The molecule has 1 aliphatic rings. The summed E-state index contributed by atoms with van der Waals surface area (Å²) in [5.41, 5.74) is 0.413. The lowest BCUT2D eigenvalue weighted by molar-refractivity contribution is 0.0533. The summed E-state index contributed by atoms with van der Waals surface area (Å²) in [5, 5.41) is 11.5. The fourth-order valence-corrected chi connectivity index (χ4v) is 2.67. The van der Waals surface area contributed by atoms with E-state index in [9.17, 15) is 9.90 Å². The molecule has 1 N–H and O–H groups in total. The zero-order valence-electron chi connectivity index (χ0n) is 9.65. The zero-order chi connectivity index (χ0) is 12.5. The Hall–Kier alpha value is -1.44. The second-order valence-electron chi connectivity index (χ2n) is 4.20. The molecule has 1 amide bonds. The van der Waals surface area contributed by atoms with Crippen molar-refractivity contribution in [3.8, 4) is 0 Å². The molecule has 0 spiro atoms. The third-order valence-corrected chi connectivity index (χ3v) is 3.62. The predicted octanol–water partition coefficient (Wildman–Crippen LogP) is 0.229. The van der Waals surface area contributed by atoms with Crippen LogP contribution in [-0.2, 0) is 4.74 Å². The number of nitrogens with zero attached hydrogens (tertiary/aromatic N) is 3. The van der Waals surface area contributed by atoms with Crippen LogP contribution in [0.5, 0.6) is 0 Å². The van der Waals surface area contributed by atoms with E-state index < -0.39 is 6.10 Å². The first-order valence-corrected chi connectivity index (χ1v) is 6.59. The number of fused-ring (bicyclic) bond motifs is 1. The van der Waals surface area contributed by atoms with Gasteiger partial charge < -0.3 is 14.7 Å². The first-order chi connectivity index (χ1) is 8.74. The largest absolute Gasteiger partial charge is 0.389 e. The van der Waals surface area contributed by atoms with Gasteiger partial charge >= 0.3 is 0 Å². The first-order valence-electron chi connectivity index (χ1n) is 5.71. The molecule has 96 valence electrons. The van der Waals surface area contributed by atoms with Crippen molar-refractivity contribution in [1.82, 2.24) is 14.3 Å². The molecule has 1 saturated heterocycles. The minimum atomic E-state index is -0.625. The standard InChI is InChI=1S/C11H13N3O3S/c15-8-5-13(1-3-17-7-8)10(16)9-6-14-2-4-18-11(14)12-9/h2,4,6,8,15H,1,3,5,7H2. The van der Waals surface area contributed by atoms with Gasteiger partial charge in [0.1, 0.15) is 5.69 Å². The maximum Gasteiger partial charge on any atom is 0.274 e. The van der Waals surface area contributed by atoms with Gasteiger partial charge in [0.2, 0.25) is 0 Å². The zero-order valence-corrected chi connectivity index (χ0v) is 10.5. The number of aliphatic hydroxyl groups is 1. The summed E-state index contributed by atoms with van der Waals surface area (Å²) in [6.45, 7) is 1.51. The molecule has 18 heavy (non-hydrogen) atoms. The van der Waals surface area contributed by atoms with Gasteiger partial charge in [-0.3, -0.25) is 9.20 Å². The van der Waals surface area contributed by atoms with E-state index in [1.54, 1.807) is 11.1 Å². The molecule has 2 aromatic rings. The Morgan fingerprint density at radius 1 is 1.61 bits per heavy atom. The van der Waals surface area contributed by atoms with Crippen LogP contribution in [0.1, 0.15) is 10.5 Å². The van der Waals surface area contributed by atoms with E-state index in [0.717, 1.165) is 4.96 Å². The maximum atomic E-state index is 12.3. The van der Waals surface area contributed by atoms with Crippen LogP contribution in [0.3, 0.4) is 0 Å². The molecule has 7 heteroatoms. The Balaban J connectivity index is 1.82. The smallest absolute Gasteiger partial charge is 0.274 e. The fourth-order valence-electron chi connectivity index (χ4n) is 1.97. The predicted molar refractivity (Wildman–Crippen MR) is 65.8 cm³/mol. The molecule has 3 rings (SSSR count). The summed E-state index contributed by atoms with van der Waals surface area (Å²) in [6, 6.07) is 0. The fraction of sp³-hybridized carbons (Fsp3) is 0.455. The summed E-state index contributed by atoms with van der Waals surface area (Å²) < 4.78 is 7.02. The van der Waals surface area contributed by atoms with Crippen molar-refractivity contribution in [2.24, 2.45) is 0 Å². The molecule has 1 unspecified atom stereocenters. The summed E-state index contributed by atoms with van der Waals surface area (Å²) in [7, 11) is 0. The number of ether oxygens (including phenoxy) is 1. The van der Waals surface area contributed by atoms with Crippen molar-refractivity contribution in [2.75, 3.05) is 26.3 Å². The van der Waals surface area contributed by atoms with Gasteiger partial charge in [0.25, 0.3) is 5.91 Å². The molecule has 0 aromatic carbocycles. The molecule has 1 fully saturated rings. The third kappa shape index (κ3) is 2.12. The number of hydrogen-bond acceptors (Lipinski definition) is 5. The Morgan fingerprint density at radius 3 is 3.33 bits per heavy atom. The molecule has 2 aromatic heterocycles.